The molecular weight excluding hydrogens is 251 g/mol. The molecule has 2 aromatic carbocycles. The molecule has 0 saturated heterocycles. The Labute approximate surface area is 110 Å². The van der Waals surface area contributed by atoms with Gasteiger partial charge in [0.05, 0.1) is 5.02 Å². The topological polar surface area (TPSA) is 17.1 Å². The van der Waals surface area contributed by atoms with E-state index in [1.807, 2.05) is 30.3 Å². The first-order valence-corrected chi connectivity index (χ1v) is 6.07. The molecule has 18 heavy (non-hydrogen) atoms. The van der Waals surface area contributed by atoms with Gasteiger partial charge in [0.2, 0.25) is 0 Å². The highest BCUT2D eigenvalue weighted by Gasteiger charge is 2.13. The van der Waals surface area contributed by atoms with Crippen LogP contribution in [0.25, 0.3) is 0 Å². The number of hydrogen-bond acceptors (Lipinski definition) is 1. The number of ketones is 1. The predicted octanol–water partition coefficient (Wildman–Crippen LogP) is 4.29. The van der Waals surface area contributed by atoms with Gasteiger partial charge in [0, 0.05) is 12.0 Å². The third kappa shape index (κ3) is 2.96. The molecule has 0 aliphatic heterocycles. The second-order valence-corrected chi connectivity index (χ2v) is 4.39. The van der Waals surface area contributed by atoms with Crippen LogP contribution in [-0.4, -0.2) is 5.78 Å². The molecule has 0 unspecified atom stereocenters. The Hall–Kier alpha value is -1.67. The molecule has 92 valence electrons. The summed E-state index contributed by atoms with van der Waals surface area (Å²) in [6.07, 6.45) is 0.958. The molecule has 0 atom stereocenters. The van der Waals surface area contributed by atoms with E-state index in [1.165, 1.54) is 12.1 Å². The molecule has 0 fully saturated rings. The van der Waals surface area contributed by atoms with Gasteiger partial charge in [0.15, 0.2) is 5.78 Å². The molecular formula is C15H12ClFO. The zero-order valence-electron chi connectivity index (χ0n) is 9.70. The van der Waals surface area contributed by atoms with E-state index in [0.717, 1.165) is 5.56 Å². The van der Waals surface area contributed by atoms with E-state index in [-0.39, 0.29) is 16.4 Å². The van der Waals surface area contributed by atoms with Gasteiger partial charge >= 0.3 is 0 Å². The summed E-state index contributed by atoms with van der Waals surface area (Å²) < 4.78 is 13.2. The van der Waals surface area contributed by atoms with Crippen LogP contribution < -0.4 is 0 Å². The van der Waals surface area contributed by atoms with Crippen molar-refractivity contribution in [3.63, 3.8) is 0 Å². The quantitative estimate of drug-likeness (QED) is 0.751. The molecule has 0 bridgehead atoms. The van der Waals surface area contributed by atoms with Crippen LogP contribution in [0.4, 0.5) is 4.39 Å². The Morgan fingerprint density at radius 1 is 1.06 bits per heavy atom. The Balaban J connectivity index is 2.07. The normalized spacial score (nSPS) is 10.3. The van der Waals surface area contributed by atoms with Crippen LogP contribution in [0, 0.1) is 5.82 Å². The molecule has 2 rings (SSSR count). The highest BCUT2D eigenvalue weighted by molar-refractivity contribution is 6.34. The predicted molar refractivity (Wildman–Crippen MR) is 70.5 cm³/mol. The lowest BCUT2D eigenvalue weighted by Gasteiger charge is -2.04. The van der Waals surface area contributed by atoms with E-state index in [1.54, 1.807) is 6.07 Å². The molecule has 0 saturated carbocycles. The van der Waals surface area contributed by atoms with Gasteiger partial charge in [-0.1, -0.05) is 48.0 Å². The first-order valence-electron chi connectivity index (χ1n) is 5.69. The molecule has 2 aromatic rings. The number of carbonyl (C=O) groups excluding carboxylic acids is 1. The Morgan fingerprint density at radius 3 is 2.50 bits per heavy atom. The fourth-order valence-electron chi connectivity index (χ4n) is 1.76. The number of benzene rings is 2. The van der Waals surface area contributed by atoms with E-state index in [0.29, 0.717) is 12.8 Å². The van der Waals surface area contributed by atoms with E-state index < -0.39 is 5.82 Å². The third-order valence-electron chi connectivity index (χ3n) is 2.74. The van der Waals surface area contributed by atoms with Crippen LogP contribution in [0.15, 0.2) is 48.5 Å². The SMILES string of the molecule is O=C(CCc1ccccc1)c1cccc(F)c1Cl. The molecule has 1 nitrogen and oxygen atoms in total. The van der Waals surface area contributed by atoms with Crippen LogP contribution in [0.3, 0.4) is 0 Å². The van der Waals surface area contributed by atoms with E-state index in [9.17, 15) is 9.18 Å². The zero-order chi connectivity index (χ0) is 13.0. The molecule has 0 heterocycles. The maximum Gasteiger partial charge on any atom is 0.164 e. The summed E-state index contributed by atoms with van der Waals surface area (Å²) >= 11 is 5.77. The maximum atomic E-state index is 13.2. The monoisotopic (exact) mass is 262 g/mol. The van der Waals surface area contributed by atoms with Crippen LogP contribution in [-0.2, 0) is 6.42 Å². The largest absolute Gasteiger partial charge is 0.294 e. The fourth-order valence-corrected chi connectivity index (χ4v) is 1.99. The standard InChI is InChI=1S/C15H12ClFO/c16-15-12(7-4-8-13(15)17)14(18)10-9-11-5-2-1-3-6-11/h1-8H,9-10H2. The first kappa shape index (κ1) is 12.8. The smallest absolute Gasteiger partial charge is 0.164 e. The number of carbonyl (C=O) groups is 1. The molecule has 0 radical (unpaired) electrons. The van der Waals surface area contributed by atoms with Gasteiger partial charge in [0.1, 0.15) is 5.82 Å². The molecule has 0 aliphatic rings. The molecule has 3 heteroatoms. The number of hydrogen-bond donors (Lipinski definition) is 0. The Morgan fingerprint density at radius 2 is 1.78 bits per heavy atom. The maximum absolute atomic E-state index is 13.2. The van der Waals surface area contributed by atoms with E-state index >= 15 is 0 Å². The second-order valence-electron chi connectivity index (χ2n) is 4.01. The van der Waals surface area contributed by atoms with Crippen LogP contribution >= 0.6 is 11.6 Å². The first-order chi connectivity index (χ1) is 8.68. The van der Waals surface area contributed by atoms with E-state index in [4.69, 9.17) is 11.6 Å². The van der Waals surface area contributed by atoms with Crippen molar-refractivity contribution in [1.82, 2.24) is 0 Å². The highest BCUT2D eigenvalue weighted by atomic mass is 35.5. The lowest BCUT2D eigenvalue weighted by Crippen LogP contribution is -2.03. The lowest BCUT2D eigenvalue weighted by atomic mass is 10.0. The molecule has 0 N–H and O–H groups in total. The molecule has 0 amide bonds. The Kier molecular flexibility index (Phi) is 4.11. The van der Waals surface area contributed by atoms with Crippen molar-refractivity contribution in [2.75, 3.05) is 0 Å². The van der Waals surface area contributed by atoms with Crippen LogP contribution in [0.2, 0.25) is 5.02 Å². The van der Waals surface area contributed by atoms with Gasteiger partial charge in [0.25, 0.3) is 0 Å². The second kappa shape index (κ2) is 5.78. The van der Waals surface area contributed by atoms with Crippen molar-refractivity contribution in [3.8, 4) is 0 Å². The van der Waals surface area contributed by atoms with Crippen molar-refractivity contribution in [2.45, 2.75) is 12.8 Å². The summed E-state index contributed by atoms with van der Waals surface area (Å²) in [5.74, 6) is -0.689. The number of halogens is 2. The molecule has 0 aliphatic carbocycles. The lowest BCUT2D eigenvalue weighted by molar-refractivity contribution is 0.0982. The van der Waals surface area contributed by atoms with Crippen LogP contribution in [0.5, 0.6) is 0 Å². The third-order valence-corrected chi connectivity index (χ3v) is 3.12. The average Bonchev–Trinajstić information content (AvgIpc) is 2.40. The van der Waals surface area contributed by atoms with E-state index in [2.05, 4.69) is 0 Å². The minimum absolute atomic E-state index is 0.0874. The summed E-state index contributed by atoms with van der Waals surface area (Å²) in [4.78, 5) is 11.9. The minimum atomic E-state index is -0.553. The van der Waals surface area contributed by atoms with Gasteiger partial charge in [-0.3, -0.25) is 4.79 Å². The molecule has 0 aromatic heterocycles. The van der Waals surface area contributed by atoms with Crippen molar-refractivity contribution in [2.24, 2.45) is 0 Å². The Bertz CT molecular complexity index is 552. The fraction of sp³-hybridized carbons (Fsp3) is 0.133. The van der Waals surface area contributed by atoms with Gasteiger partial charge in [-0.05, 0) is 24.1 Å². The van der Waals surface area contributed by atoms with Crippen molar-refractivity contribution >= 4 is 17.4 Å². The minimum Gasteiger partial charge on any atom is -0.294 e. The van der Waals surface area contributed by atoms with Crippen molar-refractivity contribution < 1.29 is 9.18 Å². The van der Waals surface area contributed by atoms with Crippen LogP contribution in [0.1, 0.15) is 22.3 Å². The van der Waals surface area contributed by atoms with Gasteiger partial charge in [-0.25, -0.2) is 4.39 Å². The summed E-state index contributed by atoms with van der Waals surface area (Å²) in [6.45, 7) is 0. The highest BCUT2D eigenvalue weighted by Crippen LogP contribution is 2.21. The van der Waals surface area contributed by atoms with Gasteiger partial charge in [-0.15, -0.1) is 0 Å². The van der Waals surface area contributed by atoms with Gasteiger partial charge < -0.3 is 0 Å². The molecule has 0 spiro atoms. The van der Waals surface area contributed by atoms with Crippen molar-refractivity contribution in [3.05, 3.63) is 70.5 Å². The zero-order valence-corrected chi connectivity index (χ0v) is 10.5. The van der Waals surface area contributed by atoms with Gasteiger partial charge in [-0.2, -0.15) is 0 Å². The average molecular weight is 263 g/mol. The number of aryl methyl sites for hydroxylation is 1. The number of rotatable bonds is 4. The summed E-state index contributed by atoms with van der Waals surface area (Å²) in [7, 11) is 0. The summed E-state index contributed by atoms with van der Waals surface area (Å²) in [5.41, 5.74) is 1.34. The van der Waals surface area contributed by atoms with Crippen molar-refractivity contribution in [1.29, 1.82) is 0 Å². The number of Topliss-reactive ketones (excluding diaryl/α,β-unsaturated/α-hetero) is 1. The summed E-state index contributed by atoms with van der Waals surface area (Å²) in [6, 6.07) is 14.0. The summed E-state index contributed by atoms with van der Waals surface area (Å²) in [5, 5.41) is -0.0874.